The molecular formula is C11H18N4O3. The summed E-state index contributed by atoms with van der Waals surface area (Å²) in [6.45, 7) is 3.63. The first-order chi connectivity index (χ1) is 8.56. The van der Waals surface area contributed by atoms with Crippen LogP contribution in [0.4, 0.5) is 0 Å². The summed E-state index contributed by atoms with van der Waals surface area (Å²) in [5.41, 5.74) is -1.26. The first-order valence-corrected chi connectivity index (χ1v) is 5.97. The maximum atomic E-state index is 11.6. The molecule has 0 bridgehead atoms. The van der Waals surface area contributed by atoms with Crippen LogP contribution >= 0.6 is 0 Å². The van der Waals surface area contributed by atoms with Crippen LogP contribution in [0.15, 0.2) is 6.20 Å². The molecule has 1 amide bonds. The van der Waals surface area contributed by atoms with Crippen LogP contribution in [0.3, 0.4) is 0 Å². The van der Waals surface area contributed by atoms with Gasteiger partial charge in [0, 0.05) is 6.42 Å². The molecule has 0 aromatic carbocycles. The molecule has 0 saturated heterocycles. The number of rotatable bonds is 7. The number of hydrogen-bond acceptors (Lipinski definition) is 4. The highest BCUT2D eigenvalue weighted by Crippen LogP contribution is 2.26. The largest absolute Gasteiger partial charge is 0.479 e. The Morgan fingerprint density at radius 2 is 2.22 bits per heavy atom. The van der Waals surface area contributed by atoms with Gasteiger partial charge in [0.2, 0.25) is 5.91 Å². The van der Waals surface area contributed by atoms with Gasteiger partial charge in [0.05, 0.1) is 6.20 Å². The third-order valence-corrected chi connectivity index (χ3v) is 2.80. The topological polar surface area (TPSA) is 108 Å². The van der Waals surface area contributed by atoms with Gasteiger partial charge in [0.1, 0.15) is 5.69 Å². The molecule has 0 saturated carbocycles. The van der Waals surface area contributed by atoms with Crippen molar-refractivity contribution in [1.82, 2.24) is 20.7 Å². The molecule has 1 aromatic rings. The lowest BCUT2D eigenvalue weighted by Gasteiger charge is -2.28. The minimum atomic E-state index is -1.49. The number of carboxylic acid groups (broad SMARTS) is 1. The first-order valence-electron chi connectivity index (χ1n) is 5.97. The summed E-state index contributed by atoms with van der Waals surface area (Å²) >= 11 is 0. The lowest BCUT2D eigenvalue weighted by Crippen LogP contribution is -2.52. The van der Waals surface area contributed by atoms with Crippen molar-refractivity contribution < 1.29 is 14.7 Å². The van der Waals surface area contributed by atoms with Crippen LogP contribution in [0.1, 0.15) is 45.2 Å². The zero-order chi connectivity index (χ0) is 13.6. The number of unbranched alkanes of at least 4 members (excludes halogenated alkanes) is 1. The molecule has 0 aliphatic rings. The highest BCUT2D eigenvalue weighted by molar-refractivity contribution is 5.87. The molecule has 7 heteroatoms. The number of hydrogen-bond donors (Lipinski definition) is 3. The molecule has 100 valence electrons. The van der Waals surface area contributed by atoms with Crippen molar-refractivity contribution in [3.05, 3.63) is 11.9 Å². The molecule has 0 fully saturated rings. The summed E-state index contributed by atoms with van der Waals surface area (Å²) < 4.78 is 0. The lowest BCUT2D eigenvalue weighted by atomic mass is 9.89. The molecule has 1 rings (SSSR count). The second-order valence-electron chi connectivity index (χ2n) is 4.07. The van der Waals surface area contributed by atoms with Gasteiger partial charge in [-0.15, -0.1) is 0 Å². The van der Waals surface area contributed by atoms with Gasteiger partial charge in [-0.3, -0.25) is 4.79 Å². The van der Waals surface area contributed by atoms with Crippen molar-refractivity contribution in [1.29, 1.82) is 0 Å². The number of carboxylic acids is 1. The Hall–Kier alpha value is -1.92. The van der Waals surface area contributed by atoms with Crippen molar-refractivity contribution >= 4 is 11.9 Å². The standard InChI is InChI=1S/C11H18N4O3/c1-3-5-6-11(10(17)18,13-9(16)4-2)8-7-12-15-14-8/h7H,3-6H2,1-2H3,(H,13,16)(H,17,18)(H,12,14,15). The van der Waals surface area contributed by atoms with Gasteiger partial charge < -0.3 is 10.4 Å². The van der Waals surface area contributed by atoms with E-state index < -0.39 is 11.5 Å². The zero-order valence-electron chi connectivity index (χ0n) is 10.6. The van der Waals surface area contributed by atoms with Crippen molar-refractivity contribution in [2.45, 2.75) is 45.1 Å². The summed E-state index contributed by atoms with van der Waals surface area (Å²) in [6.07, 6.45) is 3.34. The van der Waals surface area contributed by atoms with E-state index >= 15 is 0 Å². The molecule has 1 aromatic heterocycles. The predicted octanol–water partition coefficient (Wildman–Crippen LogP) is 0.801. The van der Waals surface area contributed by atoms with Crippen molar-refractivity contribution in [2.75, 3.05) is 0 Å². The molecule has 0 spiro atoms. The number of aromatic amines is 1. The van der Waals surface area contributed by atoms with E-state index in [-0.39, 0.29) is 24.4 Å². The van der Waals surface area contributed by atoms with Crippen molar-refractivity contribution in [3.63, 3.8) is 0 Å². The van der Waals surface area contributed by atoms with Crippen molar-refractivity contribution in [2.24, 2.45) is 0 Å². The molecular weight excluding hydrogens is 236 g/mol. The van der Waals surface area contributed by atoms with Gasteiger partial charge in [-0.05, 0) is 6.42 Å². The number of amides is 1. The van der Waals surface area contributed by atoms with Gasteiger partial charge in [-0.1, -0.05) is 26.7 Å². The monoisotopic (exact) mass is 254 g/mol. The summed E-state index contributed by atoms with van der Waals surface area (Å²) in [5.74, 6) is -1.44. The van der Waals surface area contributed by atoms with Crippen LogP contribution < -0.4 is 5.32 Å². The molecule has 3 N–H and O–H groups in total. The molecule has 1 atom stereocenters. The van der Waals surface area contributed by atoms with Crippen molar-refractivity contribution in [3.8, 4) is 0 Å². The Morgan fingerprint density at radius 3 is 2.67 bits per heavy atom. The Bertz CT molecular complexity index is 404. The molecule has 18 heavy (non-hydrogen) atoms. The van der Waals surface area contributed by atoms with Crippen LogP contribution in [0.2, 0.25) is 0 Å². The van der Waals surface area contributed by atoms with Gasteiger partial charge >= 0.3 is 5.97 Å². The third-order valence-electron chi connectivity index (χ3n) is 2.80. The minimum Gasteiger partial charge on any atom is -0.479 e. The van der Waals surface area contributed by atoms with Crippen LogP contribution in [0.5, 0.6) is 0 Å². The van der Waals surface area contributed by atoms with E-state index in [1.807, 2.05) is 6.92 Å². The van der Waals surface area contributed by atoms with Gasteiger partial charge in [0.25, 0.3) is 0 Å². The summed E-state index contributed by atoms with van der Waals surface area (Å²) in [6, 6.07) is 0. The second kappa shape index (κ2) is 6.13. The van der Waals surface area contributed by atoms with Gasteiger partial charge in [0.15, 0.2) is 5.54 Å². The first kappa shape index (κ1) is 14.1. The zero-order valence-corrected chi connectivity index (χ0v) is 10.6. The fraction of sp³-hybridized carbons (Fsp3) is 0.636. The SMILES string of the molecule is CCCCC(NC(=O)CC)(C(=O)O)c1cn[nH]n1. The van der Waals surface area contributed by atoms with E-state index in [0.717, 1.165) is 6.42 Å². The number of carbonyl (C=O) groups excluding carboxylic acids is 1. The number of nitrogens with zero attached hydrogens (tertiary/aromatic N) is 2. The number of nitrogens with one attached hydrogen (secondary N) is 2. The van der Waals surface area contributed by atoms with E-state index in [0.29, 0.717) is 6.42 Å². The Morgan fingerprint density at radius 1 is 1.50 bits per heavy atom. The third kappa shape index (κ3) is 2.85. The quantitative estimate of drug-likeness (QED) is 0.667. The van der Waals surface area contributed by atoms with Crippen LogP contribution in [0, 0.1) is 0 Å². The van der Waals surface area contributed by atoms with E-state index in [9.17, 15) is 14.7 Å². The Kier molecular flexibility index (Phi) is 4.82. The van der Waals surface area contributed by atoms with Gasteiger partial charge in [-0.25, -0.2) is 4.79 Å². The summed E-state index contributed by atoms with van der Waals surface area (Å²) in [7, 11) is 0. The maximum absolute atomic E-state index is 11.6. The van der Waals surface area contributed by atoms with Crippen LogP contribution in [-0.2, 0) is 15.1 Å². The minimum absolute atomic E-state index is 0.221. The smallest absolute Gasteiger partial charge is 0.335 e. The second-order valence-corrected chi connectivity index (χ2v) is 4.07. The summed E-state index contributed by atoms with van der Waals surface area (Å²) in [4.78, 5) is 23.1. The average molecular weight is 254 g/mol. The Balaban J connectivity index is 3.10. The van der Waals surface area contributed by atoms with E-state index in [4.69, 9.17) is 0 Å². The lowest BCUT2D eigenvalue weighted by molar-refractivity contribution is -0.149. The molecule has 0 radical (unpaired) electrons. The molecule has 0 aliphatic carbocycles. The van der Waals surface area contributed by atoms with E-state index in [2.05, 4.69) is 20.7 Å². The molecule has 1 unspecified atom stereocenters. The molecule has 0 aliphatic heterocycles. The highest BCUT2D eigenvalue weighted by Gasteiger charge is 2.43. The van der Waals surface area contributed by atoms with Gasteiger partial charge in [-0.2, -0.15) is 15.4 Å². The molecule has 7 nitrogen and oxygen atoms in total. The number of aliphatic carboxylic acids is 1. The Labute approximate surface area is 105 Å². The normalized spacial score (nSPS) is 13.9. The van der Waals surface area contributed by atoms with E-state index in [1.54, 1.807) is 6.92 Å². The molecule has 1 heterocycles. The predicted molar refractivity (Wildman–Crippen MR) is 63.7 cm³/mol. The number of H-pyrrole nitrogens is 1. The fourth-order valence-corrected chi connectivity index (χ4v) is 1.70. The average Bonchev–Trinajstić information content (AvgIpc) is 2.87. The number of carbonyl (C=O) groups is 2. The van der Waals surface area contributed by atoms with E-state index in [1.165, 1.54) is 6.20 Å². The highest BCUT2D eigenvalue weighted by atomic mass is 16.4. The fourth-order valence-electron chi connectivity index (χ4n) is 1.70. The van der Waals surface area contributed by atoms with Crippen LogP contribution in [0.25, 0.3) is 0 Å². The van der Waals surface area contributed by atoms with Crippen LogP contribution in [-0.4, -0.2) is 32.4 Å². The number of aromatic nitrogens is 3. The maximum Gasteiger partial charge on any atom is 0.335 e. The summed E-state index contributed by atoms with van der Waals surface area (Å²) in [5, 5.41) is 21.8.